The Morgan fingerprint density at radius 3 is 2.56 bits per heavy atom. The molecule has 0 saturated heterocycles. The highest BCUT2D eigenvalue weighted by atomic mass is 16.5. The largest absolute Gasteiger partial charge is 0.345 e. The van der Waals surface area contributed by atoms with E-state index in [0.717, 1.165) is 36.2 Å². The fraction of sp³-hybridized carbons (Fsp3) is 0.654. The SMILES string of the molecule is CN(C)Cc1ccc2nc([C@@H](NC(=O)C(CC3CCCC3)CN(O)C=O)C(C)(C)C)n(C)c2c1. The van der Waals surface area contributed by atoms with Crippen LogP contribution in [-0.4, -0.2) is 57.7 Å². The van der Waals surface area contributed by atoms with Gasteiger partial charge in [-0.3, -0.25) is 14.8 Å². The van der Waals surface area contributed by atoms with Gasteiger partial charge in [-0.05, 0) is 49.5 Å². The van der Waals surface area contributed by atoms with Gasteiger partial charge in [0.1, 0.15) is 5.82 Å². The van der Waals surface area contributed by atoms with Crippen molar-refractivity contribution in [2.75, 3.05) is 20.6 Å². The van der Waals surface area contributed by atoms with Gasteiger partial charge in [0.25, 0.3) is 0 Å². The molecule has 8 heteroatoms. The number of benzene rings is 1. The van der Waals surface area contributed by atoms with Gasteiger partial charge < -0.3 is 14.8 Å². The first-order valence-corrected chi connectivity index (χ1v) is 12.3. The van der Waals surface area contributed by atoms with E-state index in [-0.39, 0.29) is 23.9 Å². The Hall–Kier alpha value is -2.45. The van der Waals surface area contributed by atoms with Gasteiger partial charge in [-0.15, -0.1) is 0 Å². The summed E-state index contributed by atoms with van der Waals surface area (Å²) in [6.07, 6.45) is 5.58. The zero-order chi connectivity index (χ0) is 25.0. The lowest BCUT2D eigenvalue weighted by Crippen LogP contribution is -2.44. The molecule has 1 aliphatic rings. The topological polar surface area (TPSA) is 90.7 Å². The number of imidazole rings is 1. The molecule has 34 heavy (non-hydrogen) atoms. The molecule has 1 aromatic carbocycles. The van der Waals surface area contributed by atoms with Crippen LogP contribution in [0.1, 0.15) is 70.3 Å². The second-order valence-electron chi connectivity index (χ2n) is 11.2. The molecule has 1 aromatic heterocycles. The monoisotopic (exact) mass is 471 g/mol. The van der Waals surface area contributed by atoms with E-state index in [2.05, 4.69) is 47.7 Å². The summed E-state index contributed by atoms with van der Waals surface area (Å²) in [5.74, 6) is 0.640. The highest BCUT2D eigenvalue weighted by Gasteiger charge is 2.35. The Kier molecular flexibility index (Phi) is 8.36. The maximum Gasteiger partial charge on any atom is 0.233 e. The summed E-state index contributed by atoms with van der Waals surface area (Å²) < 4.78 is 2.07. The van der Waals surface area contributed by atoms with Crippen molar-refractivity contribution in [3.8, 4) is 0 Å². The second kappa shape index (κ2) is 10.9. The molecule has 0 spiro atoms. The highest BCUT2D eigenvalue weighted by molar-refractivity contribution is 5.80. The first-order valence-electron chi connectivity index (χ1n) is 12.3. The number of carbonyl (C=O) groups is 2. The van der Waals surface area contributed by atoms with Crippen LogP contribution in [0.2, 0.25) is 0 Å². The van der Waals surface area contributed by atoms with Crippen molar-refractivity contribution in [3.05, 3.63) is 29.6 Å². The fourth-order valence-corrected chi connectivity index (χ4v) is 5.09. The zero-order valence-electron chi connectivity index (χ0n) is 21.5. The molecule has 0 radical (unpaired) electrons. The van der Waals surface area contributed by atoms with E-state index in [9.17, 15) is 14.8 Å². The van der Waals surface area contributed by atoms with Crippen LogP contribution in [0.4, 0.5) is 0 Å². The van der Waals surface area contributed by atoms with Crippen molar-refractivity contribution in [2.45, 2.75) is 65.5 Å². The minimum atomic E-state index is -0.468. The molecule has 8 nitrogen and oxygen atoms in total. The number of hydroxylamine groups is 2. The number of aryl methyl sites for hydroxylation is 1. The van der Waals surface area contributed by atoms with Crippen LogP contribution in [0, 0.1) is 17.3 Å². The smallest absolute Gasteiger partial charge is 0.233 e. The van der Waals surface area contributed by atoms with E-state index in [4.69, 9.17) is 4.98 Å². The normalized spacial score (nSPS) is 16.7. The lowest BCUT2D eigenvalue weighted by molar-refractivity contribution is -0.155. The molecule has 188 valence electrons. The van der Waals surface area contributed by atoms with E-state index in [0.29, 0.717) is 23.8 Å². The van der Waals surface area contributed by atoms with Crippen molar-refractivity contribution in [1.29, 1.82) is 0 Å². The summed E-state index contributed by atoms with van der Waals surface area (Å²) in [5, 5.41) is 13.7. The maximum atomic E-state index is 13.5. The van der Waals surface area contributed by atoms with Crippen molar-refractivity contribution < 1.29 is 14.8 Å². The summed E-state index contributed by atoms with van der Waals surface area (Å²) in [7, 11) is 6.08. The van der Waals surface area contributed by atoms with E-state index in [1.165, 1.54) is 18.4 Å². The predicted molar refractivity (Wildman–Crippen MR) is 133 cm³/mol. The van der Waals surface area contributed by atoms with Gasteiger partial charge in [0.05, 0.1) is 29.5 Å². The Morgan fingerprint density at radius 1 is 1.29 bits per heavy atom. The number of hydrogen-bond acceptors (Lipinski definition) is 5. The number of fused-ring (bicyclic) bond motifs is 1. The van der Waals surface area contributed by atoms with Crippen molar-refractivity contribution in [2.24, 2.45) is 24.3 Å². The molecular formula is C26H41N5O3. The predicted octanol–water partition coefficient (Wildman–Crippen LogP) is 3.88. The number of rotatable bonds is 10. The van der Waals surface area contributed by atoms with Crippen molar-refractivity contribution >= 4 is 23.4 Å². The van der Waals surface area contributed by atoms with Crippen LogP contribution < -0.4 is 5.32 Å². The number of aromatic nitrogens is 2. The third kappa shape index (κ3) is 6.36. The van der Waals surface area contributed by atoms with Gasteiger partial charge >= 0.3 is 0 Å². The van der Waals surface area contributed by atoms with Crippen LogP contribution in [-0.2, 0) is 23.2 Å². The van der Waals surface area contributed by atoms with E-state index >= 15 is 0 Å². The number of carbonyl (C=O) groups excluding carboxylic acids is 2. The third-order valence-electron chi connectivity index (χ3n) is 6.88. The third-order valence-corrected chi connectivity index (χ3v) is 6.88. The van der Waals surface area contributed by atoms with Crippen molar-refractivity contribution in [3.63, 3.8) is 0 Å². The average molecular weight is 472 g/mol. The summed E-state index contributed by atoms with van der Waals surface area (Å²) in [4.78, 5) is 31.6. The molecule has 2 amide bonds. The molecule has 1 fully saturated rings. The van der Waals surface area contributed by atoms with E-state index in [1.807, 2.05) is 27.2 Å². The van der Waals surface area contributed by atoms with Crippen LogP contribution >= 0.6 is 0 Å². The minimum Gasteiger partial charge on any atom is -0.345 e. The van der Waals surface area contributed by atoms with Gasteiger partial charge in [0, 0.05) is 13.6 Å². The lowest BCUT2D eigenvalue weighted by atomic mass is 9.85. The van der Waals surface area contributed by atoms with Gasteiger partial charge in [0.2, 0.25) is 12.3 Å². The molecule has 2 atom stereocenters. The molecule has 1 heterocycles. The number of amides is 2. The first kappa shape index (κ1) is 26.2. The number of nitrogens with zero attached hydrogens (tertiary/aromatic N) is 4. The van der Waals surface area contributed by atoms with Crippen molar-refractivity contribution in [1.82, 2.24) is 24.8 Å². The van der Waals surface area contributed by atoms with E-state index in [1.54, 1.807) is 0 Å². The van der Waals surface area contributed by atoms with Gasteiger partial charge in [-0.1, -0.05) is 52.5 Å². The second-order valence-corrected chi connectivity index (χ2v) is 11.2. The highest BCUT2D eigenvalue weighted by Crippen LogP contribution is 2.35. The minimum absolute atomic E-state index is 0.000860. The molecule has 0 aliphatic heterocycles. The summed E-state index contributed by atoms with van der Waals surface area (Å²) >= 11 is 0. The molecular weight excluding hydrogens is 430 g/mol. The van der Waals surface area contributed by atoms with Gasteiger partial charge in [-0.2, -0.15) is 0 Å². The first-order chi connectivity index (χ1) is 16.0. The summed E-state index contributed by atoms with van der Waals surface area (Å²) in [5.41, 5.74) is 2.84. The Morgan fingerprint density at radius 2 is 1.97 bits per heavy atom. The standard InChI is InChI=1S/C26H41N5O3/c1-26(2,3)23(24-27-21-12-11-19(15-29(4)5)14-22(21)30(24)6)28-25(33)20(16-31(34)17-32)13-18-9-7-8-10-18/h11-12,14,17-18,20,23,34H,7-10,13,15-16H2,1-6H3,(H,28,33)/t20?,23-/m1/s1. The fourth-order valence-electron chi connectivity index (χ4n) is 5.09. The Bertz CT molecular complexity index is 988. The quantitative estimate of drug-likeness (QED) is 0.312. The molecule has 1 saturated carbocycles. The van der Waals surface area contributed by atoms with Crippen LogP contribution in [0.15, 0.2) is 18.2 Å². The summed E-state index contributed by atoms with van der Waals surface area (Å²) in [6.45, 7) is 7.10. The number of nitrogens with one attached hydrogen (secondary N) is 1. The Labute approximate surface area is 203 Å². The molecule has 2 aromatic rings. The van der Waals surface area contributed by atoms with Crippen LogP contribution in [0.3, 0.4) is 0 Å². The lowest BCUT2D eigenvalue weighted by Gasteiger charge is -2.33. The van der Waals surface area contributed by atoms with Crippen LogP contribution in [0.5, 0.6) is 0 Å². The maximum absolute atomic E-state index is 13.5. The van der Waals surface area contributed by atoms with Gasteiger partial charge in [-0.25, -0.2) is 10.0 Å². The van der Waals surface area contributed by atoms with Gasteiger partial charge in [0.15, 0.2) is 0 Å². The van der Waals surface area contributed by atoms with E-state index < -0.39 is 5.92 Å². The molecule has 3 rings (SSSR count). The molecule has 1 unspecified atom stereocenters. The summed E-state index contributed by atoms with van der Waals surface area (Å²) in [6, 6.07) is 5.96. The molecule has 1 aliphatic carbocycles. The Balaban J connectivity index is 1.90. The molecule has 0 bridgehead atoms. The number of hydrogen-bond donors (Lipinski definition) is 2. The molecule has 2 N–H and O–H groups in total. The zero-order valence-corrected chi connectivity index (χ0v) is 21.5. The average Bonchev–Trinajstić information content (AvgIpc) is 3.38. The van der Waals surface area contributed by atoms with Crippen LogP contribution in [0.25, 0.3) is 11.0 Å².